The quantitative estimate of drug-likeness (QED) is 0.537. The Kier molecular flexibility index (Phi) is 7.30. The lowest BCUT2D eigenvalue weighted by molar-refractivity contribution is -0.274. The fraction of sp³-hybridized carbons (Fsp3) is 0.429. The summed E-state index contributed by atoms with van der Waals surface area (Å²) in [5.41, 5.74) is -0.325. The summed E-state index contributed by atoms with van der Waals surface area (Å²) < 4.78 is 79.0. The number of amides is 1. The van der Waals surface area contributed by atoms with E-state index in [1.54, 1.807) is 11.8 Å². The number of alkyl halides is 6. The summed E-state index contributed by atoms with van der Waals surface area (Å²) in [6.07, 6.45) is -7.71. The second-order valence-electron chi connectivity index (χ2n) is 7.64. The highest BCUT2D eigenvalue weighted by Crippen LogP contribution is 2.35. The minimum atomic E-state index is -4.78. The minimum Gasteiger partial charge on any atom is -0.406 e. The van der Waals surface area contributed by atoms with Gasteiger partial charge in [-0.1, -0.05) is 23.7 Å². The molecule has 1 atom stereocenters. The van der Waals surface area contributed by atoms with Crippen molar-refractivity contribution in [2.75, 3.05) is 18.0 Å². The normalized spacial score (nSPS) is 16.4. The number of pyridine rings is 1. The van der Waals surface area contributed by atoms with E-state index in [-0.39, 0.29) is 28.4 Å². The van der Waals surface area contributed by atoms with Gasteiger partial charge in [-0.3, -0.25) is 4.79 Å². The van der Waals surface area contributed by atoms with Gasteiger partial charge in [-0.05, 0) is 43.5 Å². The predicted octanol–water partition coefficient (Wildman–Crippen LogP) is 5.75. The monoisotopic (exact) mass is 495 g/mol. The SMILES string of the molecule is CC(NC(=O)C1CCN(c2ncc(C(F)(F)F)cc2Cl)CC1)c1ccc(OC(F)(F)F)cc1. The van der Waals surface area contributed by atoms with E-state index >= 15 is 0 Å². The number of piperidine rings is 1. The van der Waals surface area contributed by atoms with Gasteiger partial charge in [0, 0.05) is 25.2 Å². The van der Waals surface area contributed by atoms with Gasteiger partial charge < -0.3 is 15.0 Å². The lowest BCUT2D eigenvalue weighted by Crippen LogP contribution is -2.41. The molecule has 0 spiro atoms. The number of nitrogens with zero attached hydrogens (tertiary/aromatic N) is 2. The molecule has 1 amide bonds. The maximum absolute atomic E-state index is 12.8. The summed E-state index contributed by atoms with van der Waals surface area (Å²) >= 11 is 6.00. The summed E-state index contributed by atoms with van der Waals surface area (Å²) in [5, 5.41) is 2.72. The van der Waals surface area contributed by atoms with E-state index in [1.807, 2.05) is 0 Å². The number of carbonyl (C=O) groups is 1. The van der Waals surface area contributed by atoms with Gasteiger partial charge in [0.1, 0.15) is 11.6 Å². The van der Waals surface area contributed by atoms with Gasteiger partial charge in [-0.2, -0.15) is 13.2 Å². The second-order valence-corrected chi connectivity index (χ2v) is 8.04. The highest BCUT2D eigenvalue weighted by atomic mass is 35.5. The number of aromatic nitrogens is 1. The molecule has 180 valence electrons. The molecular formula is C21H20ClF6N3O2. The smallest absolute Gasteiger partial charge is 0.406 e. The van der Waals surface area contributed by atoms with Crippen LogP contribution in [0, 0.1) is 5.92 Å². The molecule has 0 bridgehead atoms. The number of ether oxygens (including phenoxy) is 1. The van der Waals surface area contributed by atoms with Crippen LogP contribution in [0.25, 0.3) is 0 Å². The van der Waals surface area contributed by atoms with Crippen molar-refractivity contribution in [3.05, 3.63) is 52.7 Å². The molecule has 1 saturated heterocycles. The Hall–Kier alpha value is -2.69. The molecule has 5 nitrogen and oxygen atoms in total. The van der Waals surface area contributed by atoms with Crippen LogP contribution in [0.4, 0.5) is 32.2 Å². The lowest BCUT2D eigenvalue weighted by atomic mass is 9.95. The standard InChI is InChI=1S/C21H20ClF6N3O2/c1-12(13-2-4-16(5-3-13)33-21(26,27)28)30-19(32)14-6-8-31(9-7-14)18-17(22)10-15(11-29-18)20(23,24)25/h2-5,10-12,14H,6-9H2,1H3,(H,30,32). The maximum atomic E-state index is 12.8. The Morgan fingerprint density at radius 1 is 1.15 bits per heavy atom. The largest absolute Gasteiger partial charge is 0.573 e. The molecule has 1 unspecified atom stereocenters. The predicted molar refractivity (Wildman–Crippen MR) is 109 cm³/mol. The summed E-state index contributed by atoms with van der Waals surface area (Å²) in [7, 11) is 0. The van der Waals surface area contributed by atoms with Crippen molar-refractivity contribution in [2.24, 2.45) is 5.92 Å². The van der Waals surface area contributed by atoms with Crippen LogP contribution in [0.1, 0.15) is 36.9 Å². The molecule has 2 heterocycles. The molecule has 12 heteroatoms. The zero-order valence-electron chi connectivity index (χ0n) is 17.3. The lowest BCUT2D eigenvalue weighted by Gasteiger charge is -2.33. The summed E-state index contributed by atoms with van der Waals surface area (Å²) in [6.45, 7) is 2.47. The molecule has 0 aliphatic carbocycles. The third kappa shape index (κ3) is 6.66. The van der Waals surface area contributed by atoms with Gasteiger partial charge in [0.05, 0.1) is 16.6 Å². The van der Waals surface area contributed by atoms with Crippen molar-refractivity contribution < 1.29 is 35.9 Å². The van der Waals surface area contributed by atoms with Crippen LogP contribution in [0.5, 0.6) is 5.75 Å². The molecule has 33 heavy (non-hydrogen) atoms. The number of anilines is 1. The molecular weight excluding hydrogens is 476 g/mol. The van der Waals surface area contributed by atoms with E-state index in [0.29, 0.717) is 31.5 Å². The number of rotatable bonds is 5. The summed E-state index contributed by atoms with van der Waals surface area (Å²) in [4.78, 5) is 18.2. The van der Waals surface area contributed by atoms with Crippen molar-refractivity contribution >= 4 is 23.3 Å². The average molecular weight is 496 g/mol. The van der Waals surface area contributed by atoms with Gasteiger partial charge in [0.15, 0.2) is 0 Å². The number of nitrogens with one attached hydrogen (secondary N) is 1. The molecule has 0 saturated carbocycles. The van der Waals surface area contributed by atoms with E-state index in [9.17, 15) is 31.1 Å². The molecule has 1 aromatic carbocycles. The number of hydrogen-bond donors (Lipinski definition) is 1. The first-order chi connectivity index (χ1) is 15.3. The van der Waals surface area contributed by atoms with Gasteiger partial charge in [0.2, 0.25) is 5.91 Å². The van der Waals surface area contributed by atoms with Gasteiger partial charge in [-0.25, -0.2) is 4.98 Å². The number of hydrogen-bond acceptors (Lipinski definition) is 4. The van der Waals surface area contributed by atoms with Crippen LogP contribution in [0.2, 0.25) is 5.02 Å². The third-order valence-corrected chi connectivity index (χ3v) is 5.56. The Labute approximate surface area is 190 Å². The molecule has 3 rings (SSSR count). The van der Waals surface area contributed by atoms with Crippen molar-refractivity contribution in [1.29, 1.82) is 0 Å². The van der Waals surface area contributed by atoms with Crippen molar-refractivity contribution in [3.63, 3.8) is 0 Å². The number of carbonyl (C=O) groups excluding carboxylic acids is 1. The number of benzene rings is 1. The van der Waals surface area contributed by atoms with Crippen molar-refractivity contribution in [3.8, 4) is 5.75 Å². The summed E-state index contributed by atoms with van der Waals surface area (Å²) in [5.74, 6) is -0.667. The molecule has 1 aliphatic heterocycles. The molecule has 1 N–H and O–H groups in total. The van der Waals surface area contributed by atoms with Crippen molar-refractivity contribution in [2.45, 2.75) is 38.3 Å². The Morgan fingerprint density at radius 2 is 1.76 bits per heavy atom. The first-order valence-corrected chi connectivity index (χ1v) is 10.3. The molecule has 1 fully saturated rings. The molecule has 1 aliphatic rings. The van der Waals surface area contributed by atoms with E-state index in [0.717, 1.165) is 12.3 Å². The van der Waals surface area contributed by atoms with E-state index in [1.165, 1.54) is 24.3 Å². The zero-order chi connectivity index (χ0) is 24.4. The summed E-state index contributed by atoms with van der Waals surface area (Å²) in [6, 6.07) is 5.60. The first-order valence-electron chi connectivity index (χ1n) is 9.97. The molecule has 0 radical (unpaired) electrons. The van der Waals surface area contributed by atoms with Crippen molar-refractivity contribution in [1.82, 2.24) is 10.3 Å². The molecule has 1 aromatic heterocycles. The van der Waals surface area contributed by atoms with Crippen LogP contribution >= 0.6 is 11.6 Å². The Bertz CT molecular complexity index is 973. The topological polar surface area (TPSA) is 54.5 Å². The Morgan fingerprint density at radius 3 is 2.27 bits per heavy atom. The van der Waals surface area contributed by atoms with Gasteiger partial charge in [0.25, 0.3) is 0 Å². The second kappa shape index (κ2) is 9.66. The third-order valence-electron chi connectivity index (χ3n) is 5.29. The maximum Gasteiger partial charge on any atom is 0.573 e. The highest BCUT2D eigenvalue weighted by molar-refractivity contribution is 6.33. The average Bonchev–Trinajstić information content (AvgIpc) is 2.72. The minimum absolute atomic E-state index is 0.112. The van der Waals surface area contributed by atoms with Crippen LogP contribution in [-0.2, 0) is 11.0 Å². The van der Waals surface area contributed by atoms with Crippen LogP contribution < -0.4 is 15.0 Å². The van der Waals surface area contributed by atoms with Gasteiger partial charge >= 0.3 is 12.5 Å². The fourth-order valence-corrected chi connectivity index (χ4v) is 3.83. The molecule has 2 aromatic rings. The van der Waals surface area contributed by atoms with Crippen LogP contribution in [-0.4, -0.2) is 30.3 Å². The number of halogens is 7. The van der Waals surface area contributed by atoms with E-state index in [2.05, 4.69) is 15.0 Å². The van der Waals surface area contributed by atoms with E-state index in [4.69, 9.17) is 11.6 Å². The Balaban J connectivity index is 1.54. The zero-order valence-corrected chi connectivity index (χ0v) is 18.1. The van der Waals surface area contributed by atoms with E-state index < -0.39 is 24.1 Å². The van der Waals surface area contributed by atoms with Crippen LogP contribution in [0.3, 0.4) is 0 Å². The van der Waals surface area contributed by atoms with Crippen LogP contribution in [0.15, 0.2) is 36.5 Å². The first kappa shape index (κ1) is 24.9. The fourth-order valence-electron chi connectivity index (χ4n) is 3.54. The highest BCUT2D eigenvalue weighted by Gasteiger charge is 2.33. The van der Waals surface area contributed by atoms with Gasteiger partial charge in [-0.15, -0.1) is 13.2 Å².